The third-order valence-electron chi connectivity index (χ3n) is 5.42. The number of rotatable bonds is 9. The number of ether oxygens (including phenoxy) is 2. The summed E-state index contributed by atoms with van der Waals surface area (Å²) in [7, 11) is 7.49. The lowest BCUT2D eigenvalue weighted by atomic mass is 9.93. The van der Waals surface area contributed by atoms with E-state index in [0.29, 0.717) is 11.5 Å². The van der Waals surface area contributed by atoms with Crippen LogP contribution < -0.4 is 14.8 Å². The first-order chi connectivity index (χ1) is 14.7. The summed E-state index contributed by atoms with van der Waals surface area (Å²) in [4.78, 5) is 7.04. The van der Waals surface area contributed by atoms with Crippen LogP contribution >= 0.6 is 0 Å². The second kappa shape index (κ2) is 9.14. The lowest BCUT2D eigenvalue weighted by molar-refractivity contribution is 0.254. The Balaban J connectivity index is 2.05. The van der Waals surface area contributed by atoms with Gasteiger partial charge in [-0.15, -0.1) is 0 Å². The highest BCUT2D eigenvalue weighted by Gasteiger charge is 2.22. The number of nitrogens with zero attached hydrogens (tertiary/aromatic N) is 4. The van der Waals surface area contributed by atoms with Crippen molar-refractivity contribution in [2.75, 3.05) is 46.7 Å². The highest BCUT2D eigenvalue weighted by molar-refractivity contribution is 5.69. The van der Waals surface area contributed by atoms with Gasteiger partial charge in [-0.25, -0.2) is 4.98 Å². The molecule has 0 spiro atoms. The van der Waals surface area contributed by atoms with Crippen molar-refractivity contribution < 1.29 is 9.47 Å². The number of anilines is 1. The lowest BCUT2D eigenvalue weighted by Gasteiger charge is -2.29. The molecule has 7 heteroatoms. The van der Waals surface area contributed by atoms with E-state index in [1.807, 2.05) is 28.8 Å². The number of hydrogen-bond donors (Lipinski definition) is 1. The SMILES string of the molecule is CCc1c(C)nc2cc(-c3ccc(OC)c(OC)c3)nn2c1NCC(C)(C)CN(C)C. The van der Waals surface area contributed by atoms with Gasteiger partial charge in [0.1, 0.15) is 5.82 Å². The fourth-order valence-corrected chi connectivity index (χ4v) is 4.13. The highest BCUT2D eigenvalue weighted by atomic mass is 16.5. The molecular weight excluding hydrogens is 390 g/mol. The molecule has 0 unspecified atom stereocenters. The molecule has 0 amide bonds. The van der Waals surface area contributed by atoms with Gasteiger partial charge in [0.05, 0.1) is 19.9 Å². The van der Waals surface area contributed by atoms with Crippen molar-refractivity contribution in [3.63, 3.8) is 0 Å². The van der Waals surface area contributed by atoms with Gasteiger partial charge in [-0.1, -0.05) is 20.8 Å². The molecule has 0 saturated heterocycles. The number of fused-ring (bicyclic) bond motifs is 1. The molecule has 0 aliphatic rings. The van der Waals surface area contributed by atoms with Gasteiger partial charge in [-0.2, -0.15) is 9.61 Å². The van der Waals surface area contributed by atoms with Crippen LogP contribution in [0.5, 0.6) is 11.5 Å². The number of aromatic nitrogens is 3. The Hall–Kier alpha value is -2.80. The first-order valence-corrected chi connectivity index (χ1v) is 10.7. The van der Waals surface area contributed by atoms with Crippen molar-refractivity contribution in [1.82, 2.24) is 19.5 Å². The van der Waals surface area contributed by atoms with Gasteiger partial charge in [-0.05, 0) is 51.1 Å². The van der Waals surface area contributed by atoms with Crippen LogP contribution in [0.4, 0.5) is 5.82 Å². The minimum absolute atomic E-state index is 0.108. The van der Waals surface area contributed by atoms with Crippen LogP contribution in [0, 0.1) is 12.3 Å². The zero-order chi connectivity index (χ0) is 22.8. The van der Waals surface area contributed by atoms with E-state index >= 15 is 0 Å². The summed E-state index contributed by atoms with van der Waals surface area (Å²) in [5.74, 6) is 2.39. The molecule has 3 aromatic rings. The molecule has 0 fully saturated rings. The minimum Gasteiger partial charge on any atom is -0.493 e. The third kappa shape index (κ3) is 4.93. The Bertz CT molecular complexity index is 1060. The molecule has 2 heterocycles. The van der Waals surface area contributed by atoms with E-state index in [1.165, 1.54) is 5.56 Å². The van der Waals surface area contributed by atoms with E-state index in [-0.39, 0.29) is 5.41 Å². The first-order valence-electron chi connectivity index (χ1n) is 10.7. The number of benzene rings is 1. The molecule has 2 aromatic heterocycles. The molecule has 0 bridgehead atoms. The van der Waals surface area contributed by atoms with E-state index in [4.69, 9.17) is 19.6 Å². The topological polar surface area (TPSA) is 63.9 Å². The Kier molecular flexibility index (Phi) is 6.74. The predicted molar refractivity (Wildman–Crippen MR) is 126 cm³/mol. The second-order valence-corrected chi connectivity index (χ2v) is 9.00. The number of methoxy groups -OCH3 is 2. The van der Waals surface area contributed by atoms with Crippen LogP contribution in [-0.2, 0) is 6.42 Å². The first kappa shape index (κ1) is 22.9. The largest absolute Gasteiger partial charge is 0.493 e. The van der Waals surface area contributed by atoms with E-state index in [2.05, 4.69) is 52.0 Å². The molecule has 0 aliphatic carbocycles. The average molecular weight is 426 g/mol. The summed E-state index contributed by atoms with van der Waals surface area (Å²) in [6.07, 6.45) is 0.886. The fourth-order valence-electron chi connectivity index (χ4n) is 4.13. The second-order valence-electron chi connectivity index (χ2n) is 9.00. The molecule has 1 N–H and O–H groups in total. The third-order valence-corrected chi connectivity index (χ3v) is 5.42. The van der Waals surface area contributed by atoms with Crippen molar-refractivity contribution in [1.29, 1.82) is 0 Å². The molecule has 31 heavy (non-hydrogen) atoms. The summed E-state index contributed by atoms with van der Waals surface area (Å²) >= 11 is 0. The zero-order valence-corrected chi connectivity index (χ0v) is 20.0. The minimum atomic E-state index is 0.108. The van der Waals surface area contributed by atoms with Crippen LogP contribution in [0.1, 0.15) is 32.0 Å². The van der Waals surface area contributed by atoms with Crippen molar-refractivity contribution in [3.8, 4) is 22.8 Å². The Morgan fingerprint density at radius 2 is 1.81 bits per heavy atom. The summed E-state index contributed by atoms with van der Waals surface area (Å²) in [6, 6.07) is 7.85. The van der Waals surface area contributed by atoms with Crippen molar-refractivity contribution in [2.24, 2.45) is 5.41 Å². The fraction of sp³-hybridized carbons (Fsp3) is 0.500. The maximum Gasteiger partial charge on any atom is 0.161 e. The smallest absolute Gasteiger partial charge is 0.161 e. The summed E-state index contributed by atoms with van der Waals surface area (Å²) in [6.45, 7) is 10.6. The van der Waals surface area contributed by atoms with Crippen molar-refractivity contribution in [2.45, 2.75) is 34.1 Å². The monoisotopic (exact) mass is 425 g/mol. The van der Waals surface area contributed by atoms with Crippen molar-refractivity contribution in [3.05, 3.63) is 35.5 Å². The van der Waals surface area contributed by atoms with Gasteiger partial charge in [0.25, 0.3) is 0 Å². The van der Waals surface area contributed by atoms with Gasteiger partial charge in [0, 0.05) is 36.0 Å². The van der Waals surface area contributed by atoms with Gasteiger partial charge in [-0.3, -0.25) is 0 Å². The maximum atomic E-state index is 5.47. The molecule has 0 radical (unpaired) electrons. The summed E-state index contributed by atoms with van der Waals surface area (Å²) < 4.78 is 12.8. The standard InChI is InChI=1S/C24H35N5O2/c1-9-18-16(2)26-22-13-19(17-10-11-20(30-7)21(12-17)31-8)27-29(22)23(18)25-14-24(3,4)15-28(5)6/h10-13,25H,9,14-15H2,1-8H3. The molecule has 0 saturated carbocycles. The Labute approximate surface area is 185 Å². The Morgan fingerprint density at radius 3 is 2.42 bits per heavy atom. The summed E-state index contributed by atoms with van der Waals surface area (Å²) in [5, 5.41) is 8.60. The normalized spacial score (nSPS) is 11.9. The molecule has 0 aliphatic heterocycles. The number of nitrogens with one attached hydrogen (secondary N) is 1. The molecule has 3 rings (SSSR count). The molecule has 7 nitrogen and oxygen atoms in total. The van der Waals surface area contributed by atoms with Crippen LogP contribution in [0.2, 0.25) is 0 Å². The highest BCUT2D eigenvalue weighted by Crippen LogP contribution is 2.33. The number of hydrogen-bond acceptors (Lipinski definition) is 6. The van der Waals surface area contributed by atoms with Crippen LogP contribution in [-0.4, -0.2) is 60.9 Å². The molecule has 168 valence electrons. The summed E-state index contributed by atoms with van der Waals surface area (Å²) in [5.41, 5.74) is 4.95. The maximum absolute atomic E-state index is 5.47. The molecule has 1 aromatic carbocycles. The van der Waals surface area contributed by atoms with Gasteiger partial charge in [0.15, 0.2) is 17.1 Å². The van der Waals surface area contributed by atoms with Gasteiger partial charge in [0.2, 0.25) is 0 Å². The molecular formula is C24H35N5O2. The van der Waals surface area contributed by atoms with Crippen LogP contribution in [0.25, 0.3) is 16.9 Å². The van der Waals surface area contributed by atoms with Crippen LogP contribution in [0.15, 0.2) is 24.3 Å². The van der Waals surface area contributed by atoms with Gasteiger partial charge >= 0.3 is 0 Å². The average Bonchev–Trinajstić information content (AvgIpc) is 3.13. The molecule has 0 atom stereocenters. The Morgan fingerprint density at radius 1 is 1.10 bits per heavy atom. The van der Waals surface area contributed by atoms with E-state index in [9.17, 15) is 0 Å². The van der Waals surface area contributed by atoms with Gasteiger partial charge < -0.3 is 19.7 Å². The lowest BCUT2D eigenvalue weighted by Crippen LogP contribution is -2.35. The van der Waals surface area contributed by atoms with E-state index in [1.54, 1.807) is 14.2 Å². The predicted octanol–water partition coefficient (Wildman–Crippen LogP) is 4.28. The van der Waals surface area contributed by atoms with Crippen LogP contribution in [0.3, 0.4) is 0 Å². The van der Waals surface area contributed by atoms with E-state index in [0.717, 1.165) is 47.9 Å². The van der Waals surface area contributed by atoms with Crippen molar-refractivity contribution >= 4 is 11.5 Å². The quantitative estimate of drug-likeness (QED) is 0.552. The number of aryl methyl sites for hydroxylation is 1. The van der Waals surface area contributed by atoms with E-state index < -0.39 is 0 Å². The zero-order valence-electron chi connectivity index (χ0n) is 20.0.